The van der Waals surface area contributed by atoms with Crippen molar-refractivity contribution < 1.29 is 9.72 Å². The highest BCUT2D eigenvalue weighted by atomic mass is 16.6. The first-order valence-electron chi connectivity index (χ1n) is 9.14. The molecule has 7 nitrogen and oxygen atoms in total. The zero-order chi connectivity index (χ0) is 19.1. The second-order valence-electron chi connectivity index (χ2n) is 6.68. The molecule has 1 fully saturated rings. The van der Waals surface area contributed by atoms with Crippen molar-refractivity contribution in [2.45, 2.75) is 13.0 Å². The van der Waals surface area contributed by atoms with Crippen LogP contribution in [0.3, 0.4) is 0 Å². The molecule has 1 aliphatic heterocycles. The predicted molar refractivity (Wildman–Crippen MR) is 105 cm³/mol. The zero-order valence-electron chi connectivity index (χ0n) is 15.2. The molecular formula is C20H24N4O3. The van der Waals surface area contributed by atoms with E-state index < -0.39 is 4.92 Å². The maximum absolute atomic E-state index is 12.2. The van der Waals surface area contributed by atoms with E-state index in [4.69, 9.17) is 0 Å². The first-order valence-corrected chi connectivity index (χ1v) is 9.14. The first kappa shape index (κ1) is 19.0. The van der Waals surface area contributed by atoms with Gasteiger partial charge in [0.2, 0.25) is 5.91 Å². The maximum atomic E-state index is 12.2. The summed E-state index contributed by atoms with van der Waals surface area (Å²) < 4.78 is 0. The van der Waals surface area contributed by atoms with E-state index in [-0.39, 0.29) is 17.3 Å². The van der Waals surface area contributed by atoms with E-state index in [2.05, 4.69) is 39.4 Å². The number of rotatable bonds is 7. The third-order valence-electron chi connectivity index (χ3n) is 4.74. The van der Waals surface area contributed by atoms with E-state index in [1.54, 1.807) is 18.2 Å². The van der Waals surface area contributed by atoms with Crippen molar-refractivity contribution in [2.75, 3.05) is 38.0 Å². The third kappa shape index (κ3) is 5.60. The Morgan fingerprint density at radius 1 is 0.963 bits per heavy atom. The Hall–Kier alpha value is -2.77. The Bertz CT molecular complexity index is 774. The molecule has 3 rings (SSSR count). The number of carbonyl (C=O) groups is 1. The van der Waals surface area contributed by atoms with Gasteiger partial charge in [-0.25, -0.2) is 0 Å². The van der Waals surface area contributed by atoms with Crippen molar-refractivity contribution in [1.29, 1.82) is 0 Å². The number of nitro groups is 1. The highest BCUT2D eigenvalue weighted by Gasteiger charge is 2.19. The van der Waals surface area contributed by atoms with Crippen LogP contribution in [-0.4, -0.2) is 53.4 Å². The van der Waals surface area contributed by atoms with Gasteiger partial charge >= 0.3 is 0 Å². The van der Waals surface area contributed by atoms with Crippen LogP contribution in [-0.2, 0) is 11.3 Å². The predicted octanol–water partition coefficient (Wildman–Crippen LogP) is 2.74. The van der Waals surface area contributed by atoms with E-state index in [0.717, 1.165) is 32.7 Å². The fourth-order valence-electron chi connectivity index (χ4n) is 3.22. The van der Waals surface area contributed by atoms with Crippen molar-refractivity contribution in [1.82, 2.24) is 9.80 Å². The van der Waals surface area contributed by atoms with Crippen molar-refractivity contribution in [3.8, 4) is 0 Å². The number of para-hydroxylation sites is 2. The molecule has 1 saturated heterocycles. The molecular weight excluding hydrogens is 344 g/mol. The number of hydrogen-bond acceptors (Lipinski definition) is 5. The van der Waals surface area contributed by atoms with Crippen LogP contribution in [0.15, 0.2) is 54.6 Å². The lowest BCUT2D eigenvalue weighted by Crippen LogP contribution is -2.46. The number of nitrogens with zero attached hydrogens (tertiary/aromatic N) is 3. The average Bonchev–Trinajstić information content (AvgIpc) is 2.68. The minimum absolute atomic E-state index is 0.0830. The van der Waals surface area contributed by atoms with Crippen molar-refractivity contribution in [2.24, 2.45) is 0 Å². The van der Waals surface area contributed by atoms with Gasteiger partial charge in [-0.3, -0.25) is 19.8 Å². The van der Waals surface area contributed by atoms with Crippen LogP contribution in [0.5, 0.6) is 0 Å². The van der Waals surface area contributed by atoms with Crippen molar-refractivity contribution >= 4 is 17.3 Å². The number of amides is 1. The van der Waals surface area contributed by atoms with Crippen LogP contribution in [0.2, 0.25) is 0 Å². The van der Waals surface area contributed by atoms with E-state index in [0.29, 0.717) is 13.0 Å². The minimum Gasteiger partial charge on any atom is -0.320 e. The highest BCUT2D eigenvalue weighted by molar-refractivity contribution is 5.93. The van der Waals surface area contributed by atoms with E-state index in [1.165, 1.54) is 11.6 Å². The summed E-state index contributed by atoms with van der Waals surface area (Å²) in [7, 11) is 0. The molecule has 7 heteroatoms. The average molecular weight is 368 g/mol. The van der Waals surface area contributed by atoms with Gasteiger partial charge in [-0.15, -0.1) is 0 Å². The number of benzene rings is 2. The van der Waals surface area contributed by atoms with Gasteiger partial charge in [0.1, 0.15) is 5.69 Å². The number of nitrogens with one attached hydrogen (secondary N) is 1. The standard InChI is InChI=1S/C20H24N4O3/c25-20(21-18-8-4-5-9-19(18)24(26)27)10-11-22-12-14-23(15-13-22)16-17-6-2-1-3-7-17/h1-9H,10-16H2,(H,21,25). The summed E-state index contributed by atoms with van der Waals surface area (Å²) >= 11 is 0. The van der Waals surface area contributed by atoms with Gasteiger partial charge in [-0.05, 0) is 11.6 Å². The summed E-state index contributed by atoms with van der Waals surface area (Å²) in [6, 6.07) is 16.6. The molecule has 2 aromatic rings. The Morgan fingerprint density at radius 3 is 2.30 bits per heavy atom. The van der Waals surface area contributed by atoms with Crippen LogP contribution in [0, 0.1) is 10.1 Å². The van der Waals surface area contributed by atoms with Crippen LogP contribution in [0.1, 0.15) is 12.0 Å². The molecule has 1 heterocycles. The Morgan fingerprint density at radius 2 is 1.59 bits per heavy atom. The van der Waals surface area contributed by atoms with Gasteiger partial charge in [-0.2, -0.15) is 0 Å². The molecule has 0 radical (unpaired) electrons. The molecule has 2 aromatic carbocycles. The highest BCUT2D eigenvalue weighted by Crippen LogP contribution is 2.23. The molecule has 0 atom stereocenters. The van der Waals surface area contributed by atoms with Crippen LogP contribution < -0.4 is 5.32 Å². The second kappa shape index (κ2) is 9.25. The van der Waals surface area contributed by atoms with Crippen LogP contribution in [0.4, 0.5) is 11.4 Å². The first-order chi connectivity index (χ1) is 13.1. The van der Waals surface area contributed by atoms with Crippen LogP contribution in [0.25, 0.3) is 0 Å². The third-order valence-corrected chi connectivity index (χ3v) is 4.74. The van der Waals surface area contributed by atoms with Gasteiger partial charge in [0.15, 0.2) is 0 Å². The fourth-order valence-corrected chi connectivity index (χ4v) is 3.22. The van der Waals surface area contributed by atoms with Gasteiger partial charge in [0.25, 0.3) is 5.69 Å². The topological polar surface area (TPSA) is 78.7 Å². The van der Waals surface area contributed by atoms with Crippen LogP contribution >= 0.6 is 0 Å². The zero-order valence-corrected chi connectivity index (χ0v) is 15.2. The number of piperazine rings is 1. The molecule has 0 bridgehead atoms. The lowest BCUT2D eigenvalue weighted by Gasteiger charge is -2.34. The minimum atomic E-state index is -0.485. The van der Waals surface area contributed by atoms with E-state index >= 15 is 0 Å². The monoisotopic (exact) mass is 368 g/mol. The summed E-state index contributed by atoms with van der Waals surface area (Å²) in [5, 5.41) is 13.7. The molecule has 142 valence electrons. The van der Waals surface area contributed by atoms with Gasteiger partial charge in [0.05, 0.1) is 4.92 Å². The molecule has 27 heavy (non-hydrogen) atoms. The molecule has 1 amide bonds. The quantitative estimate of drug-likeness (QED) is 0.600. The molecule has 0 unspecified atom stereocenters. The van der Waals surface area contributed by atoms with Gasteiger partial charge < -0.3 is 10.2 Å². The number of anilines is 1. The van der Waals surface area contributed by atoms with Gasteiger partial charge in [0, 0.05) is 51.8 Å². The summed E-state index contributed by atoms with van der Waals surface area (Å²) in [4.78, 5) is 27.4. The van der Waals surface area contributed by atoms with E-state index in [1.807, 2.05) is 6.07 Å². The SMILES string of the molecule is O=C(CCN1CCN(Cc2ccccc2)CC1)Nc1ccccc1[N+](=O)[O-]. The lowest BCUT2D eigenvalue weighted by atomic mass is 10.2. The smallest absolute Gasteiger partial charge is 0.292 e. The Balaban J connectivity index is 1.41. The molecule has 0 aromatic heterocycles. The summed E-state index contributed by atoms with van der Waals surface area (Å²) in [6.45, 7) is 5.40. The van der Waals surface area contributed by atoms with Gasteiger partial charge in [-0.1, -0.05) is 42.5 Å². The molecule has 0 saturated carbocycles. The summed E-state index contributed by atoms with van der Waals surface area (Å²) in [6.07, 6.45) is 0.324. The molecule has 1 aliphatic rings. The maximum Gasteiger partial charge on any atom is 0.292 e. The number of hydrogen-bond donors (Lipinski definition) is 1. The fraction of sp³-hybridized carbons (Fsp3) is 0.350. The molecule has 1 N–H and O–H groups in total. The van der Waals surface area contributed by atoms with Crippen molar-refractivity contribution in [3.05, 3.63) is 70.3 Å². The Kier molecular flexibility index (Phi) is 6.51. The summed E-state index contributed by atoms with van der Waals surface area (Å²) in [5.41, 5.74) is 1.48. The van der Waals surface area contributed by atoms with E-state index in [9.17, 15) is 14.9 Å². The Labute approximate surface area is 158 Å². The largest absolute Gasteiger partial charge is 0.320 e. The lowest BCUT2D eigenvalue weighted by molar-refractivity contribution is -0.383. The molecule has 0 spiro atoms. The number of carbonyl (C=O) groups excluding carboxylic acids is 1. The molecule has 0 aliphatic carbocycles. The second-order valence-corrected chi connectivity index (χ2v) is 6.68. The summed E-state index contributed by atoms with van der Waals surface area (Å²) in [5.74, 6) is -0.198. The normalized spacial score (nSPS) is 15.4. The number of nitro benzene ring substituents is 1. The van der Waals surface area contributed by atoms with Crippen molar-refractivity contribution in [3.63, 3.8) is 0 Å².